The summed E-state index contributed by atoms with van der Waals surface area (Å²) < 4.78 is 10.5. The second-order valence-electron chi connectivity index (χ2n) is 3.72. The molecular weight excluding hydrogens is 328 g/mol. The summed E-state index contributed by atoms with van der Waals surface area (Å²) in [5.74, 6) is 0.223. The van der Waals surface area contributed by atoms with Crippen molar-refractivity contribution >= 4 is 28.1 Å². The zero-order valence-corrected chi connectivity index (χ0v) is 12.0. The molecule has 0 unspecified atom stereocenters. The molecule has 0 fully saturated rings. The highest BCUT2D eigenvalue weighted by Gasteiger charge is 2.08. The lowest BCUT2D eigenvalue weighted by molar-refractivity contribution is 0.0927. The van der Waals surface area contributed by atoms with E-state index in [0.29, 0.717) is 15.8 Å². The number of carbonyl (C=O) groups excluding carboxylic acids is 1. The molecule has 2 aromatic rings. The van der Waals surface area contributed by atoms with Gasteiger partial charge in [-0.3, -0.25) is 4.79 Å². The summed E-state index contributed by atoms with van der Waals surface area (Å²) in [6.45, 7) is 0. The van der Waals surface area contributed by atoms with Gasteiger partial charge in [0, 0.05) is 5.56 Å². The van der Waals surface area contributed by atoms with Gasteiger partial charge in [0.05, 0.1) is 24.1 Å². The summed E-state index contributed by atoms with van der Waals surface area (Å²) in [5, 5.41) is 13.6. The molecule has 104 valence electrons. The molecule has 2 rings (SSSR count). The number of amides is 1. The number of phenolic OH excluding ortho intramolecular Hbond substituents is 1. The van der Waals surface area contributed by atoms with Crippen molar-refractivity contribution in [2.45, 2.75) is 0 Å². The Labute approximate surface area is 123 Å². The van der Waals surface area contributed by atoms with Gasteiger partial charge in [-0.25, -0.2) is 5.43 Å². The van der Waals surface area contributed by atoms with E-state index in [4.69, 9.17) is 9.15 Å². The molecule has 0 aliphatic heterocycles. The van der Waals surface area contributed by atoms with Crippen LogP contribution in [0.4, 0.5) is 0 Å². The van der Waals surface area contributed by atoms with Gasteiger partial charge in [0.2, 0.25) is 0 Å². The lowest BCUT2D eigenvalue weighted by Gasteiger charge is -2.05. The van der Waals surface area contributed by atoms with Crippen LogP contribution in [0.5, 0.6) is 11.5 Å². The molecule has 0 saturated heterocycles. The third kappa shape index (κ3) is 3.18. The molecule has 0 aliphatic carbocycles. The van der Waals surface area contributed by atoms with Gasteiger partial charge in [-0.05, 0) is 40.2 Å². The lowest BCUT2D eigenvalue weighted by Crippen LogP contribution is -2.16. The maximum absolute atomic E-state index is 11.6. The number of hydrazone groups is 1. The number of methoxy groups -OCH3 is 1. The molecule has 0 spiro atoms. The number of ether oxygens (including phenoxy) is 1. The SMILES string of the molecule is COc1cc(Br)c(O)c(C=NNC(=O)c2ccco2)c1. The number of hydrogen-bond donors (Lipinski definition) is 2. The second-order valence-corrected chi connectivity index (χ2v) is 4.58. The molecule has 1 aromatic heterocycles. The van der Waals surface area contributed by atoms with Gasteiger partial charge < -0.3 is 14.3 Å². The van der Waals surface area contributed by atoms with E-state index >= 15 is 0 Å². The van der Waals surface area contributed by atoms with Crippen LogP contribution in [-0.2, 0) is 0 Å². The fraction of sp³-hybridized carbons (Fsp3) is 0.0769. The summed E-state index contributed by atoms with van der Waals surface area (Å²) >= 11 is 3.20. The Morgan fingerprint density at radius 3 is 3.00 bits per heavy atom. The standard InChI is InChI=1S/C13H11BrN2O4/c1-19-9-5-8(12(17)10(14)6-9)7-15-16-13(18)11-3-2-4-20-11/h2-7,17H,1H3,(H,16,18). The van der Waals surface area contributed by atoms with Crippen LogP contribution in [0.2, 0.25) is 0 Å². The molecule has 0 saturated carbocycles. The van der Waals surface area contributed by atoms with E-state index in [-0.39, 0.29) is 11.5 Å². The quantitative estimate of drug-likeness (QED) is 0.662. The van der Waals surface area contributed by atoms with E-state index in [2.05, 4.69) is 26.5 Å². The average molecular weight is 339 g/mol. The van der Waals surface area contributed by atoms with Gasteiger partial charge in [-0.1, -0.05) is 0 Å². The predicted molar refractivity (Wildman–Crippen MR) is 76.1 cm³/mol. The molecule has 20 heavy (non-hydrogen) atoms. The van der Waals surface area contributed by atoms with Crippen molar-refractivity contribution in [1.82, 2.24) is 5.43 Å². The van der Waals surface area contributed by atoms with Crippen molar-refractivity contribution < 1.29 is 19.1 Å². The Balaban J connectivity index is 2.11. The highest BCUT2D eigenvalue weighted by Crippen LogP contribution is 2.31. The average Bonchev–Trinajstić information content (AvgIpc) is 2.97. The number of nitrogens with one attached hydrogen (secondary N) is 1. The maximum atomic E-state index is 11.6. The highest BCUT2D eigenvalue weighted by atomic mass is 79.9. The summed E-state index contributed by atoms with van der Waals surface area (Å²) in [7, 11) is 1.51. The van der Waals surface area contributed by atoms with Crippen molar-refractivity contribution in [3.8, 4) is 11.5 Å². The molecule has 1 amide bonds. The van der Waals surface area contributed by atoms with E-state index in [1.807, 2.05) is 0 Å². The fourth-order valence-corrected chi connectivity index (χ4v) is 1.89. The van der Waals surface area contributed by atoms with Crippen molar-refractivity contribution in [1.29, 1.82) is 0 Å². The molecule has 1 aromatic carbocycles. The Morgan fingerprint density at radius 2 is 2.35 bits per heavy atom. The smallest absolute Gasteiger partial charge is 0.307 e. The van der Waals surface area contributed by atoms with Crippen LogP contribution in [-0.4, -0.2) is 24.3 Å². The highest BCUT2D eigenvalue weighted by molar-refractivity contribution is 9.10. The van der Waals surface area contributed by atoms with Gasteiger partial charge in [-0.2, -0.15) is 5.10 Å². The van der Waals surface area contributed by atoms with Crippen molar-refractivity contribution in [3.05, 3.63) is 46.3 Å². The van der Waals surface area contributed by atoms with Crippen LogP contribution in [0.15, 0.2) is 44.5 Å². The van der Waals surface area contributed by atoms with Crippen LogP contribution in [0.25, 0.3) is 0 Å². The van der Waals surface area contributed by atoms with Crippen LogP contribution in [0.1, 0.15) is 16.1 Å². The monoisotopic (exact) mass is 338 g/mol. The molecular formula is C13H11BrN2O4. The predicted octanol–water partition coefficient (Wildman–Crippen LogP) is 2.52. The molecule has 0 atom stereocenters. The van der Waals surface area contributed by atoms with Crippen LogP contribution < -0.4 is 10.2 Å². The van der Waals surface area contributed by atoms with E-state index in [1.54, 1.807) is 18.2 Å². The zero-order chi connectivity index (χ0) is 14.5. The first-order valence-electron chi connectivity index (χ1n) is 5.55. The molecule has 0 bridgehead atoms. The van der Waals surface area contributed by atoms with Crippen LogP contribution >= 0.6 is 15.9 Å². The number of phenols is 1. The Bertz CT molecular complexity index is 638. The molecule has 2 N–H and O–H groups in total. The van der Waals surface area contributed by atoms with Crippen molar-refractivity contribution in [2.75, 3.05) is 7.11 Å². The molecule has 6 nitrogen and oxygen atoms in total. The fourth-order valence-electron chi connectivity index (χ4n) is 1.43. The van der Waals surface area contributed by atoms with E-state index < -0.39 is 5.91 Å². The number of aromatic hydroxyl groups is 1. The third-order valence-corrected chi connectivity index (χ3v) is 3.02. The topological polar surface area (TPSA) is 84.1 Å². The Morgan fingerprint density at radius 1 is 1.55 bits per heavy atom. The number of hydrogen-bond acceptors (Lipinski definition) is 5. The second kappa shape index (κ2) is 6.25. The maximum Gasteiger partial charge on any atom is 0.307 e. The van der Waals surface area contributed by atoms with Gasteiger partial charge in [0.1, 0.15) is 11.5 Å². The normalized spacial score (nSPS) is 10.7. The summed E-state index contributed by atoms with van der Waals surface area (Å²) in [6, 6.07) is 6.32. The first kappa shape index (κ1) is 14.1. The minimum atomic E-state index is -0.479. The zero-order valence-electron chi connectivity index (χ0n) is 10.5. The lowest BCUT2D eigenvalue weighted by atomic mass is 10.2. The number of carbonyl (C=O) groups is 1. The van der Waals surface area contributed by atoms with E-state index in [0.717, 1.165) is 0 Å². The first-order valence-corrected chi connectivity index (χ1v) is 6.34. The van der Waals surface area contributed by atoms with E-state index in [1.165, 1.54) is 25.7 Å². The van der Waals surface area contributed by atoms with Crippen LogP contribution in [0, 0.1) is 0 Å². The van der Waals surface area contributed by atoms with Gasteiger partial charge in [0.15, 0.2) is 5.76 Å². The van der Waals surface area contributed by atoms with Crippen LogP contribution in [0.3, 0.4) is 0 Å². The van der Waals surface area contributed by atoms with Gasteiger partial charge >= 0.3 is 5.91 Å². The Kier molecular flexibility index (Phi) is 4.41. The molecule has 1 heterocycles. The minimum absolute atomic E-state index is 0.00166. The van der Waals surface area contributed by atoms with E-state index in [9.17, 15) is 9.90 Å². The first-order chi connectivity index (χ1) is 9.61. The summed E-state index contributed by atoms with van der Waals surface area (Å²) in [4.78, 5) is 11.6. The number of benzene rings is 1. The Hall–Kier alpha value is -2.28. The van der Waals surface area contributed by atoms with Gasteiger partial charge in [0.25, 0.3) is 0 Å². The summed E-state index contributed by atoms with van der Waals surface area (Å²) in [5.41, 5.74) is 2.69. The largest absolute Gasteiger partial charge is 0.506 e. The molecule has 7 heteroatoms. The summed E-state index contributed by atoms with van der Waals surface area (Å²) in [6.07, 6.45) is 2.70. The molecule has 0 aliphatic rings. The number of furan rings is 1. The van der Waals surface area contributed by atoms with Crippen molar-refractivity contribution in [3.63, 3.8) is 0 Å². The number of nitrogens with zero attached hydrogens (tertiary/aromatic N) is 1. The van der Waals surface area contributed by atoms with Crippen molar-refractivity contribution in [2.24, 2.45) is 5.10 Å². The number of rotatable bonds is 4. The molecule has 0 radical (unpaired) electrons. The number of halogens is 1. The minimum Gasteiger partial charge on any atom is -0.506 e. The van der Waals surface area contributed by atoms with Gasteiger partial charge in [-0.15, -0.1) is 0 Å². The third-order valence-electron chi connectivity index (χ3n) is 2.42.